The van der Waals surface area contributed by atoms with Gasteiger partial charge in [-0.15, -0.1) is 0 Å². The monoisotopic (exact) mass is 310 g/mol. The molecular formula is C16H26N2O2S. The van der Waals surface area contributed by atoms with Crippen molar-refractivity contribution in [3.05, 3.63) is 29.3 Å². The molecule has 0 aliphatic carbocycles. The van der Waals surface area contributed by atoms with Gasteiger partial charge in [-0.25, -0.2) is 13.1 Å². The minimum atomic E-state index is -3.38. The van der Waals surface area contributed by atoms with E-state index in [0.717, 1.165) is 49.9 Å². The molecule has 0 radical (unpaired) electrons. The molecule has 1 aromatic rings. The van der Waals surface area contributed by atoms with Gasteiger partial charge >= 0.3 is 0 Å². The third kappa shape index (κ3) is 4.53. The Balaban J connectivity index is 2.00. The van der Waals surface area contributed by atoms with Gasteiger partial charge in [-0.3, -0.25) is 0 Å². The van der Waals surface area contributed by atoms with Crippen LogP contribution in [0.25, 0.3) is 0 Å². The van der Waals surface area contributed by atoms with Crippen molar-refractivity contribution in [2.75, 3.05) is 13.1 Å². The quantitative estimate of drug-likeness (QED) is 0.761. The molecule has 118 valence electrons. The second-order valence-corrected chi connectivity index (χ2v) is 7.84. The number of hydrogen-bond acceptors (Lipinski definition) is 3. The minimum Gasteiger partial charge on any atom is -0.312 e. The third-order valence-corrected chi connectivity index (χ3v) is 5.43. The van der Waals surface area contributed by atoms with E-state index in [2.05, 4.69) is 23.9 Å². The van der Waals surface area contributed by atoms with E-state index in [9.17, 15) is 8.42 Å². The Morgan fingerprint density at radius 2 is 2.10 bits per heavy atom. The summed E-state index contributed by atoms with van der Waals surface area (Å²) in [6, 6.07) is 5.56. The molecule has 1 aliphatic rings. The van der Waals surface area contributed by atoms with Crippen LogP contribution in [0.3, 0.4) is 0 Å². The summed E-state index contributed by atoms with van der Waals surface area (Å²) in [6.07, 6.45) is 3.89. The van der Waals surface area contributed by atoms with Gasteiger partial charge in [0.1, 0.15) is 0 Å². The smallest absolute Gasteiger partial charge is 0.240 e. The van der Waals surface area contributed by atoms with Crippen LogP contribution in [0.15, 0.2) is 23.1 Å². The Morgan fingerprint density at radius 3 is 2.86 bits per heavy atom. The van der Waals surface area contributed by atoms with Crippen molar-refractivity contribution in [1.29, 1.82) is 0 Å². The van der Waals surface area contributed by atoms with Crippen LogP contribution in [0.5, 0.6) is 0 Å². The zero-order chi connectivity index (χ0) is 15.3. The molecule has 0 atom stereocenters. The maximum absolute atomic E-state index is 12.5. The molecule has 0 amide bonds. The molecule has 2 rings (SSSR count). The topological polar surface area (TPSA) is 58.2 Å². The fraction of sp³-hybridized carbons (Fsp3) is 0.625. The van der Waals surface area contributed by atoms with Gasteiger partial charge in [0.25, 0.3) is 0 Å². The van der Waals surface area contributed by atoms with Gasteiger partial charge in [-0.2, -0.15) is 0 Å². The largest absolute Gasteiger partial charge is 0.312 e. The molecule has 2 N–H and O–H groups in total. The van der Waals surface area contributed by atoms with E-state index in [1.165, 1.54) is 0 Å². The lowest BCUT2D eigenvalue weighted by Crippen LogP contribution is -2.29. The predicted molar refractivity (Wildman–Crippen MR) is 85.7 cm³/mol. The Kier molecular flexibility index (Phi) is 5.79. The number of sulfonamides is 1. The van der Waals surface area contributed by atoms with Gasteiger partial charge in [-0.05, 0) is 42.5 Å². The highest BCUT2D eigenvalue weighted by Gasteiger charge is 2.21. The standard InChI is InChI=1S/C16H26N2O2S/c1-13(2)6-3-4-10-18-21(19,20)16-8-5-7-14-12-17-11-9-15(14)16/h5,7-8,13,17-18H,3-4,6,9-12H2,1-2H3. The summed E-state index contributed by atoms with van der Waals surface area (Å²) in [6.45, 7) is 6.50. The van der Waals surface area contributed by atoms with E-state index in [4.69, 9.17) is 0 Å². The van der Waals surface area contributed by atoms with Crippen molar-refractivity contribution in [2.24, 2.45) is 5.92 Å². The summed E-state index contributed by atoms with van der Waals surface area (Å²) in [4.78, 5) is 0.463. The first-order chi connectivity index (χ1) is 10.0. The molecule has 0 bridgehead atoms. The van der Waals surface area contributed by atoms with Crippen molar-refractivity contribution in [1.82, 2.24) is 10.0 Å². The number of benzene rings is 1. The van der Waals surface area contributed by atoms with Crippen LogP contribution >= 0.6 is 0 Å². The van der Waals surface area contributed by atoms with E-state index < -0.39 is 10.0 Å². The molecule has 1 aliphatic heterocycles. The van der Waals surface area contributed by atoms with Crippen molar-refractivity contribution in [3.8, 4) is 0 Å². The van der Waals surface area contributed by atoms with Crippen molar-refractivity contribution in [2.45, 2.75) is 51.0 Å². The lowest BCUT2D eigenvalue weighted by atomic mass is 10.0. The molecule has 0 saturated heterocycles. The zero-order valence-corrected chi connectivity index (χ0v) is 13.8. The van der Waals surface area contributed by atoms with Crippen LogP contribution < -0.4 is 10.0 Å². The van der Waals surface area contributed by atoms with E-state index in [1.807, 2.05) is 12.1 Å². The molecule has 0 spiro atoms. The van der Waals surface area contributed by atoms with E-state index in [0.29, 0.717) is 17.4 Å². The molecule has 0 saturated carbocycles. The third-order valence-electron chi connectivity index (χ3n) is 3.89. The highest BCUT2D eigenvalue weighted by atomic mass is 32.2. The lowest BCUT2D eigenvalue weighted by Gasteiger charge is -2.20. The van der Waals surface area contributed by atoms with Crippen LogP contribution in [0.1, 0.15) is 44.2 Å². The van der Waals surface area contributed by atoms with E-state index in [1.54, 1.807) is 6.07 Å². The van der Waals surface area contributed by atoms with Crippen LogP contribution in [-0.2, 0) is 23.0 Å². The SMILES string of the molecule is CC(C)CCCCNS(=O)(=O)c1cccc2c1CCNC2. The normalized spacial score (nSPS) is 15.2. The summed E-state index contributed by atoms with van der Waals surface area (Å²) >= 11 is 0. The Bertz CT molecular complexity index is 568. The molecule has 0 unspecified atom stereocenters. The molecule has 5 heteroatoms. The lowest BCUT2D eigenvalue weighted by molar-refractivity contribution is 0.530. The fourth-order valence-corrected chi connectivity index (χ4v) is 4.09. The second kappa shape index (κ2) is 7.38. The van der Waals surface area contributed by atoms with Crippen LogP contribution in [-0.4, -0.2) is 21.5 Å². The molecule has 0 fully saturated rings. The maximum atomic E-state index is 12.5. The summed E-state index contributed by atoms with van der Waals surface area (Å²) in [5.41, 5.74) is 2.08. The van der Waals surface area contributed by atoms with Crippen LogP contribution in [0.4, 0.5) is 0 Å². The van der Waals surface area contributed by atoms with Crippen molar-refractivity contribution in [3.63, 3.8) is 0 Å². The summed E-state index contributed by atoms with van der Waals surface area (Å²) in [5.74, 6) is 0.676. The van der Waals surface area contributed by atoms with E-state index in [-0.39, 0.29) is 0 Å². The molecule has 21 heavy (non-hydrogen) atoms. The van der Waals surface area contributed by atoms with Gasteiger partial charge in [0.15, 0.2) is 0 Å². The van der Waals surface area contributed by atoms with Crippen LogP contribution in [0, 0.1) is 5.92 Å². The van der Waals surface area contributed by atoms with Gasteiger partial charge in [0, 0.05) is 13.1 Å². The van der Waals surface area contributed by atoms with E-state index >= 15 is 0 Å². The number of unbranched alkanes of at least 4 members (excludes halogenated alkanes) is 1. The zero-order valence-electron chi connectivity index (χ0n) is 13.0. The first-order valence-corrected chi connectivity index (χ1v) is 9.30. The molecule has 0 aromatic heterocycles. The summed E-state index contributed by atoms with van der Waals surface area (Å²) in [5, 5.41) is 3.27. The number of hydrogen-bond donors (Lipinski definition) is 2. The summed E-state index contributed by atoms with van der Waals surface area (Å²) < 4.78 is 27.7. The maximum Gasteiger partial charge on any atom is 0.240 e. The Morgan fingerprint density at radius 1 is 1.29 bits per heavy atom. The number of fused-ring (bicyclic) bond motifs is 1. The Hall–Kier alpha value is -0.910. The second-order valence-electron chi connectivity index (χ2n) is 6.11. The molecular weight excluding hydrogens is 284 g/mol. The van der Waals surface area contributed by atoms with Gasteiger partial charge in [0.05, 0.1) is 4.90 Å². The average molecular weight is 310 g/mol. The first-order valence-electron chi connectivity index (χ1n) is 7.82. The average Bonchev–Trinajstić information content (AvgIpc) is 2.46. The fourth-order valence-electron chi connectivity index (χ4n) is 2.71. The van der Waals surface area contributed by atoms with Crippen molar-refractivity contribution >= 4 is 10.0 Å². The highest BCUT2D eigenvalue weighted by Crippen LogP contribution is 2.22. The minimum absolute atomic E-state index is 0.463. The van der Waals surface area contributed by atoms with Crippen molar-refractivity contribution < 1.29 is 8.42 Å². The molecule has 4 nitrogen and oxygen atoms in total. The van der Waals surface area contributed by atoms with Gasteiger partial charge in [0.2, 0.25) is 10.0 Å². The van der Waals surface area contributed by atoms with Crippen LogP contribution in [0.2, 0.25) is 0 Å². The molecule has 1 heterocycles. The molecule has 1 aromatic carbocycles. The number of nitrogens with one attached hydrogen (secondary N) is 2. The van der Waals surface area contributed by atoms with Gasteiger partial charge in [-0.1, -0.05) is 38.8 Å². The number of rotatable bonds is 7. The Labute approximate surface area is 128 Å². The summed E-state index contributed by atoms with van der Waals surface area (Å²) in [7, 11) is -3.38. The predicted octanol–water partition coefficient (Wildman–Crippen LogP) is 2.44. The highest BCUT2D eigenvalue weighted by molar-refractivity contribution is 7.89. The van der Waals surface area contributed by atoms with Gasteiger partial charge < -0.3 is 5.32 Å². The first kappa shape index (κ1) is 16.5.